The van der Waals surface area contributed by atoms with Crippen LogP contribution in [-0.2, 0) is 19.0 Å². The Morgan fingerprint density at radius 2 is 2.09 bits per heavy atom. The molecule has 6 heteroatoms. The molecule has 0 unspecified atom stereocenters. The van der Waals surface area contributed by atoms with Crippen molar-refractivity contribution in [1.29, 1.82) is 0 Å². The van der Waals surface area contributed by atoms with Crippen molar-refractivity contribution < 1.29 is 23.8 Å². The highest BCUT2D eigenvalue weighted by Gasteiger charge is 2.43. The van der Waals surface area contributed by atoms with Crippen LogP contribution in [0.3, 0.4) is 0 Å². The lowest BCUT2D eigenvalue weighted by Gasteiger charge is -2.44. The van der Waals surface area contributed by atoms with Crippen LogP contribution in [0.1, 0.15) is 32.6 Å². The van der Waals surface area contributed by atoms with Gasteiger partial charge in [-0.15, -0.1) is 0 Å². The van der Waals surface area contributed by atoms with E-state index in [1.165, 1.54) is 17.6 Å². The van der Waals surface area contributed by atoms with E-state index in [1.54, 1.807) is 14.0 Å². The predicted octanol–water partition coefficient (Wildman–Crippen LogP) is 2.34. The molecule has 1 saturated heterocycles. The van der Waals surface area contributed by atoms with Gasteiger partial charge in [-0.2, -0.15) is 0 Å². The molecule has 6 nitrogen and oxygen atoms in total. The zero-order valence-electron chi connectivity index (χ0n) is 13.5. The Morgan fingerprint density at radius 3 is 2.73 bits per heavy atom. The maximum atomic E-state index is 12.2. The van der Waals surface area contributed by atoms with Crippen LogP contribution in [-0.4, -0.2) is 50.4 Å². The van der Waals surface area contributed by atoms with Gasteiger partial charge in [-0.05, 0) is 50.0 Å². The van der Waals surface area contributed by atoms with Crippen molar-refractivity contribution in [1.82, 2.24) is 4.90 Å². The van der Waals surface area contributed by atoms with Gasteiger partial charge in [-0.3, -0.25) is 4.90 Å². The molecule has 1 heterocycles. The minimum absolute atomic E-state index is 0.313. The second kappa shape index (κ2) is 7.51. The van der Waals surface area contributed by atoms with Gasteiger partial charge >= 0.3 is 12.1 Å². The Morgan fingerprint density at radius 1 is 1.32 bits per heavy atom. The highest BCUT2D eigenvalue weighted by atomic mass is 16.6. The van der Waals surface area contributed by atoms with Crippen molar-refractivity contribution in [3.8, 4) is 0 Å². The molecule has 2 fully saturated rings. The highest BCUT2D eigenvalue weighted by Crippen LogP contribution is 2.41. The second-order valence-corrected chi connectivity index (χ2v) is 5.90. The summed E-state index contributed by atoms with van der Waals surface area (Å²) >= 11 is 0. The van der Waals surface area contributed by atoms with Crippen LogP contribution in [0.25, 0.3) is 0 Å². The molecule has 0 aromatic heterocycles. The van der Waals surface area contributed by atoms with Gasteiger partial charge in [0, 0.05) is 6.54 Å². The number of likely N-dealkylation sites (tertiary alicyclic amines) is 1. The minimum Gasteiger partial charge on any atom is -0.504 e. The van der Waals surface area contributed by atoms with E-state index < -0.39 is 12.1 Å². The molecular weight excluding hydrogens is 286 g/mol. The van der Waals surface area contributed by atoms with Crippen LogP contribution in [0.15, 0.2) is 11.8 Å². The first-order chi connectivity index (χ1) is 10.6. The van der Waals surface area contributed by atoms with E-state index >= 15 is 0 Å². The maximum absolute atomic E-state index is 12.2. The molecule has 124 valence electrons. The number of esters is 1. The lowest BCUT2D eigenvalue weighted by Crippen LogP contribution is -2.54. The molecule has 2 rings (SSSR count). The minimum atomic E-state index is -0.546. The molecule has 1 amide bonds. The van der Waals surface area contributed by atoms with Crippen molar-refractivity contribution in [3.05, 3.63) is 11.8 Å². The largest absolute Gasteiger partial charge is 0.504 e. The topological polar surface area (TPSA) is 65.1 Å². The van der Waals surface area contributed by atoms with E-state index in [2.05, 4.69) is 0 Å². The second-order valence-electron chi connectivity index (χ2n) is 5.90. The number of piperidine rings is 1. The van der Waals surface area contributed by atoms with Crippen LogP contribution in [0.2, 0.25) is 0 Å². The van der Waals surface area contributed by atoms with E-state index in [0.29, 0.717) is 31.4 Å². The molecule has 0 aromatic carbocycles. The Bertz CT molecular complexity index is 448. The Balaban J connectivity index is 2.14. The van der Waals surface area contributed by atoms with E-state index in [0.717, 1.165) is 19.3 Å². The van der Waals surface area contributed by atoms with Crippen LogP contribution in [0.4, 0.5) is 4.79 Å². The molecule has 0 radical (unpaired) electrons. The van der Waals surface area contributed by atoms with Crippen molar-refractivity contribution in [2.24, 2.45) is 11.8 Å². The first-order valence-corrected chi connectivity index (χ1v) is 7.82. The number of hydrogen-bond donors (Lipinski definition) is 0. The lowest BCUT2D eigenvalue weighted by atomic mass is 9.71. The average Bonchev–Trinajstić information content (AvgIpc) is 2.53. The number of nitrogens with zero attached hydrogens (tertiary/aromatic N) is 1. The van der Waals surface area contributed by atoms with Gasteiger partial charge in [0.1, 0.15) is 6.04 Å². The quantitative estimate of drug-likeness (QED) is 0.591. The smallest absolute Gasteiger partial charge is 0.410 e. The number of carbonyl (C=O) groups excluding carboxylic acids is 2. The zero-order valence-corrected chi connectivity index (χ0v) is 13.5. The van der Waals surface area contributed by atoms with Gasteiger partial charge in [-0.1, -0.05) is 0 Å². The summed E-state index contributed by atoms with van der Waals surface area (Å²) < 4.78 is 15.1. The first kappa shape index (κ1) is 16.6. The summed E-state index contributed by atoms with van der Waals surface area (Å²) in [4.78, 5) is 25.7. The summed E-state index contributed by atoms with van der Waals surface area (Å²) in [5.74, 6) is 0.443. The van der Waals surface area contributed by atoms with Crippen LogP contribution >= 0.6 is 0 Å². The predicted molar refractivity (Wildman–Crippen MR) is 80.1 cm³/mol. The van der Waals surface area contributed by atoms with E-state index in [4.69, 9.17) is 14.2 Å². The molecule has 1 saturated carbocycles. The number of fused-ring (bicyclic) bond motifs is 1. The fourth-order valence-corrected chi connectivity index (χ4v) is 3.58. The molecule has 0 N–H and O–H groups in total. The summed E-state index contributed by atoms with van der Waals surface area (Å²) in [5, 5.41) is 0. The van der Waals surface area contributed by atoms with Gasteiger partial charge in [0.05, 0.1) is 27.1 Å². The molecule has 1 aliphatic carbocycles. The number of rotatable bonds is 3. The van der Waals surface area contributed by atoms with Crippen LogP contribution < -0.4 is 0 Å². The number of hydrogen-bond acceptors (Lipinski definition) is 5. The van der Waals surface area contributed by atoms with Crippen molar-refractivity contribution >= 4 is 12.1 Å². The third-order valence-corrected chi connectivity index (χ3v) is 4.61. The summed E-state index contributed by atoms with van der Waals surface area (Å²) in [5.41, 5.74) is 1.28. The van der Waals surface area contributed by atoms with Gasteiger partial charge in [-0.25, -0.2) is 9.59 Å². The Kier molecular flexibility index (Phi) is 5.69. The summed E-state index contributed by atoms with van der Waals surface area (Å²) in [7, 11) is 3.00. The third-order valence-electron chi connectivity index (χ3n) is 4.61. The molecule has 0 aromatic rings. The summed E-state index contributed by atoms with van der Waals surface area (Å²) in [6, 6.07) is -0.546. The Hall–Kier alpha value is -1.72. The highest BCUT2D eigenvalue weighted by molar-refractivity contribution is 5.81. The lowest BCUT2D eigenvalue weighted by molar-refractivity contribution is -0.152. The summed E-state index contributed by atoms with van der Waals surface area (Å²) in [6.45, 7) is 2.64. The molecular formula is C16H25NO5. The fraction of sp³-hybridized carbons (Fsp3) is 0.750. The zero-order chi connectivity index (χ0) is 16.1. The number of methoxy groups -OCH3 is 2. The SMILES string of the molecule is CCOC(=O)[C@@H]1C[C@@H]2CC(=COC)CC[C@H]2CN1C(=O)OC. The number of amides is 1. The monoisotopic (exact) mass is 311 g/mol. The average molecular weight is 311 g/mol. The van der Waals surface area contributed by atoms with E-state index in [9.17, 15) is 9.59 Å². The van der Waals surface area contributed by atoms with Crippen LogP contribution in [0, 0.1) is 11.8 Å². The first-order valence-electron chi connectivity index (χ1n) is 7.82. The molecule has 0 bridgehead atoms. The standard InChI is InChI=1S/C16H25NO5/c1-4-22-15(18)14-8-13-7-11(10-20-2)5-6-12(13)9-17(14)16(19)21-3/h10,12-14H,4-9H2,1-3H3/t12-,13-,14-/m0/s1. The van der Waals surface area contributed by atoms with E-state index in [1.807, 2.05) is 6.26 Å². The molecule has 22 heavy (non-hydrogen) atoms. The molecule has 0 spiro atoms. The third kappa shape index (κ3) is 3.54. The summed E-state index contributed by atoms with van der Waals surface area (Å²) in [6.07, 6.45) is 4.89. The van der Waals surface area contributed by atoms with Crippen molar-refractivity contribution in [2.75, 3.05) is 27.4 Å². The van der Waals surface area contributed by atoms with Gasteiger partial charge in [0.25, 0.3) is 0 Å². The number of carbonyl (C=O) groups is 2. The number of allylic oxidation sites excluding steroid dienone is 1. The van der Waals surface area contributed by atoms with Gasteiger partial charge in [0.2, 0.25) is 0 Å². The Labute approximate surface area is 131 Å². The number of ether oxygens (including phenoxy) is 3. The van der Waals surface area contributed by atoms with Crippen molar-refractivity contribution in [2.45, 2.75) is 38.6 Å². The van der Waals surface area contributed by atoms with Gasteiger partial charge in [0.15, 0.2) is 0 Å². The molecule has 3 atom stereocenters. The van der Waals surface area contributed by atoms with Crippen LogP contribution in [0.5, 0.6) is 0 Å². The van der Waals surface area contributed by atoms with Crippen molar-refractivity contribution in [3.63, 3.8) is 0 Å². The maximum Gasteiger partial charge on any atom is 0.410 e. The fourth-order valence-electron chi connectivity index (χ4n) is 3.58. The molecule has 1 aliphatic heterocycles. The van der Waals surface area contributed by atoms with Gasteiger partial charge < -0.3 is 14.2 Å². The molecule has 2 aliphatic rings. The normalized spacial score (nSPS) is 29.7. The van der Waals surface area contributed by atoms with E-state index in [-0.39, 0.29) is 5.97 Å².